The molecule has 13 nitrogen and oxygen atoms in total. The molecule has 1 aromatic carbocycles. The molecule has 182 valence electrons. The van der Waals surface area contributed by atoms with Gasteiger partial charge < -0.3 is 31.3 Å². The molecule has 6 N–H and O–H groups in total. The number of halogens is 1. The Morgan fingerprint density at radius 2 is 1.97 bits per heavy atom. The number of nitrogens with one attached hydrogen (secondary N) is 2. The predicted molar refractivity (Wildman–Crippen MR) is 113 cm³/mol. The van der Waals surface area contributed by atoms with Crippen LogP contribution >= 0.6 is 11.8 Å². The van der Waals surface area contributed by atoms with Gasteiger partial charge in [-0.05, 0) is 12.5 Å². The first kappa shape index (κ1) is 27.6. The van der Waals surface area contributed by atoms with Gasteiger partial charge in [0.05, 0.1) is 17.6 Å². The summed E-state index contributed by atoms with van der Waals surface area (Å²) in [6.45, 7) is -0.688. The molecule has 0 fully saturated rings. The molecule has 0 aliphatic carbocycles. The first-order valence-electron chi connectivity index (χ1n) is 9.43. The smallest absolute Gasteiger partial charge is 0.322 e. The van der Waals surface area contributed by atoms with E-state index in [1.54, 1.807) is 0 Å². The zero-order valence-corrected chi connectivity index (χ0v) is 18.0. The Morgan fingerprint density at radius 1 is 1.27 bits per heavy atom. The molecule has 2 amide bonds. The number of carboxylic acids is 2. The number of carboxylic acid groups (broad SMARTS) is 2. The van der Waals surface area contributed by atoms with Crippen molar-refractivity contribution in [1.82, 2.24) is 10.6 Å². The van der Waals surface area contributed by atoms with Gasteiger partial charge in [0.15, 0.2) is 11.6 Å². The highest BCUT2D eigenvalue weighted by atomic mass is 32.2. The summed E-state index contributed by atoms with van der Waals surface area (Å²) in [7, 11) is 0. The number of carbonyl (C=O) groups is 4. The molecule has 2 atom stereocenters. The van der Waals surface area contributed by atoms with E-state index in [1.165, 1.54) is 0 Å². The topological polar surface area (TPSA) is 211 Å². The molecular formula is C18H23FN4O9S. The number of nitrogens with zero attached hydrogens (tertiary/aromatic N) is 1. The minimum atomic E-state index is -1.29. The third-order valence-corrected chi connectivity index (χ3v) is 4.99. The number of aliphatic carboxylic acids is 2. The number of amides is 2. The number of hydrogen-bond donors (Lipinski definition) is 5. The number of nitro groups is 1. The number of carbonyl (C=O) groups excluding carboxylic acids is 2. The molecule has 1 aromatic rings. The van der Waals surface area contributed by atoms with Gasteiger partial charge in [-0.15, -0.1) is 0 Å². The van der Waals surface area contributed by atoms with E-state index in [-0.39, 0.29) is 36.7 Å². The molecular weight excluding hydrogens is 467 g/mol. The minimum Gasteiger partial charge on any atom is -0.490 e. The Labute approximate surface area is 191 Å². The van der Waals surface area contributed by atoms with Crippen LogP contribution < -0.4 is 21.1 Å². The van der Waals surface area contributed by atoms with E-state index >= 15 is 0 Å². The molecule has 0 radical (unpaired) electrons. The summed E-state index contributed by atoms with van der Waals surface area (Å²) in [4.78, 5) is 55.5. The second kappa shape index (κ2) is 13.8. The predicted octanol–water partition coefficient (Wildman–Crippen LogP) is -0.276. The van der Waals surface area contributed by atoms with E-state index in [0.717, 1.165) is 30.0 Å². The Hall–Kier alpha value is -3.46. The fourth-order valence-electron chi connectivity index (χ4n) is 2.28. The van der Waals surface area contributed by atoms with Gasteiger partial charge in [-0.25, -0.2) is 4.39 Å². The lowest BCUT2D eigenvalue weighted by Crippen LogP contribution is -2.49. The molecule has 0 aromatic heterocycles. The maximum Gasteiger partial charge on any atom is 0.322 e. The van der Waals surface area contributed by atoms with Gasteiger partial charge in [-0.3, -0.25) is 29.3 Å². The van der Waals surface area contributed by atoms with Crippen LogP contribution in [0.3, 0.4) is 0 Å². The number of nitro benzene ring substituents is 1. The van der Waals surface area contributed by atoms with Crippen LogP contribution in [-0.2, 0) is 19.2 Å². The average Bonchev–Trinajstić information content (AvgIpc) is 2.75. The lowest BCUT2D eigenvalue weighted by molar-refractivity contribution is -0.385. The minimum absolute atomic E-state index is 0.00821. The second-order valence-corrected chi connectivity index (χ2v) is 7.66. The molecule has 0 saturated heterocycles. The Bertz CT molecular complexity index is 886. The van der Waals surface area contributed by atoms with Crippen molar-refractivity contribution in [3.63, 3.8) is 0 Å². The summed E-state index contributed by atoms with van der Waals surface area (Å²) in [6.07, 6.45) is -0.421. The normalized spacial score (nSPS) is 12.3. The summed E-state index contributed by atoms with van der Waals surface area (Å²) >= 11 is 1.13. The number of hydrogen-bond acceptors (Lipinski definition) is 9. The third-order valence-electron chi connectivity index (χ3n) is 3.96. The van der Waals surface area contributed by atoms with Gasteiger partial charge in [0.25, 0.3) is 5.69 Å². The third kappa shape index (κ3) is 10.6. The van der Waals surface area contributed by atoms with Crippen LogP contribution in [0.4, 0.5) is 10.1 Å². The second-order valence-electron chi connectivity index (χ2n) is 6.51. The highest BCUT2D eigenvalue weighted by Crippen LogP contribution is 2.22. The standard InChI is InChI=1S/C18H23FN4O9S/c19-11-7-10(23(30)31)1-3-14(11)32-5-6-33-9-13(17(27)21-8-16(25)26)22-15(24)4-2-12(20)18(28)29/h1,3,7,12-13H,2,4-6,8-9,20H2,(H,21,27)(H,22,24)(H,25,26)(H,28,29)/t12-,13-/m0/s1. The van der Waals surface area contributed by atoms with Crippen molar-refractivity contribution in [2.24, 2.45) is 5.73 Å². The highest BCUT2D eigenvalue weighted by Gasteiger charge is 2.22. The molecule has 1 rings (SSSR count). The van der Waals surface area contributed by atoms with Crippen LogP contribution in [0.5, 0.6) is 5.75 Å². The fourth-order valence-corrected chi connectivity index (χ4v) is 3.12. The van der Waals surface area contributed by atoms with E-state index in [4.69, 9.17) is 20.7 Å². The summed E-state index contributed by atoms with van der Waals surface area (Å²) in [6, 6.07) is 0.542. The number of non-ortho nitro benzene ring substituents is 1. The molecule has 15 heteroatoms. The van der Waals surface area contributed by atoms with E-state index in [1.807, 2.05) is 0 Å². The number of rotatable bonds is 15. The lowest BCUT2D eigenvalue weighted by atomic mass is 10.1. The SMILES string of the molecule is N[C@@H](CCC(=O)N[C@@H](CSCCOc1ccc([N+](=O)[O-])cc1F)C(=O)NCC(=O)O)C(=O)O. The van der Waals surface area contributed by atoms with Gasteiger partial charge in [0.2, 0.25) is 11.8 Å². The maximum absolute atomic E-state index is 13.8. The van der Waals surface area contributed by atoms with Crippen molar-refractivity contribution < 1.29 is 43.4 Å². The van der Waals surface area contributed by atoms with Crippen LogP contribution in [0.1, 0.15) is 12.8 Å². The van der Waals surface area contributed by atoms with Crippen molar-refractivity contribution in [1.29, 1.82) is 0 Å². The van der Waals surface area contributed by atoms with Gasteiger partial charge in [-0.2, -0.15) is 11.8 Å². The first-order chi connectivity index (χ1) is 15.5. The van der Waals surface area contributed by atoms with E-state index in [0.29, 0.717) is 0 Å². The molecule has 0 spiro atoms. The van der Waals surface area contributed by atoms with Crippen molar-refractivity contribution in [3.05, 3.63) is 34.1 Å². The van der Waals surface area contributed by atoms with Crippen LogP contribution in [-0.4, -0.2) is 75.6 Å². The van der Waals surface area contributed by atoms with Crippen LogP contribution in [0.15, 0.2) is 18.2 Å². The highest BCUT2D eigenvalue weighted by molar-refractivity contribution is 7.99. The Morgan fingerprint density at radius 3 is 2.55 bits per heavy atom. The largest absolute Gasteiger partial charge is 0.490 e. The number of thioether (sulfide) groups is 1. The quantitative estimate of drug-likeness (QED) is 0.123. The first-order valence-corrected chi connectivity index (χ1v) is 10.6. The Kier molecular flexibility index (Phi) is 11.6. The van der Waals surface area contributed by atoms with Crippen LogP contribution in [0.2, 0.25) is 0 Å². The molecule has 0 heterocycles. The van der Waals surface area contributed by atoms with Crippen LogP contribution in [0.25, 0.3) is 0 Å². The van der Waals surface area contributed by atoms with Crippen molar-refractivity contribution in [2.45, 2.75) is 24.9 Å². The number of benzene rings is 1. The summed E-state index contributed by atoms with van der Waals surface area (Å²) in [5.74, 6) is -4.83. The molecule has 0 aliphatic heterocycles. The van der Waals surface area contributed by atoms with Gasteiger partial charge >= 0.3 is 11.9 Å². The molecule has 0 unspecified atom stereocenters. The summed E-state index contributed by atoms with van der Waals surface area (Å²) < 4.78 is 19.0. The van der Waals surface area contributed by atoms with Crippen molar-refractivity contribution in [2.75, 3.05) is 24.7 Å². The fraction of sp³-hybridized carbons (Fsp3) is 0.444. The zero-order valence-electron chi connectivity index (χ0n) is 17.2. The van der Waals surface area contributed by atoms with E-state index < -0.39 is 58.8 Å². The van der Waals surface area contributed by atoms with Crippen molar-refractivity contribution >= 4 is 41.2 Å². The summed E-state index contributed by atoms with van der Waals surface area (Å²) in [5.41, 5.74) is 4.90. The number of nitrogens with two attached hydrogens (primary N) is 1. The van der Waals surface area contributed by atoms with E-state index in [2.05, 4.69) is 10.6 Å². The summed E-state index contributed by atoms with van der Waals surface area (Å²) in [5, 5.41) is 32.6. The molecule has 0 aliphatic rings. The Balaban J connectivity index is 2.56. The zero-order chi connectivity index (χ0) is 25.0. The van der Waals surface area contributed by atoms with Gasteiger partial charge in [0, 0.05) is 24.0 Å². The van der Waals surface area contributed by atoms with Gasteiger partial charge in [-0.1, -0.05) is 0 Å². The lowest BCUT2D eigenvalue weighted by Gasteiger charge is -2.18. The van der Waals surface area contributed by atoms with Gasteiger partial charge in [0.1, 0.15) is 18.6 Å². The molecule has 0 bridgehead atoms. The monoisotopic (exact) mass is 490 g/mol. The van der Waals surface area contributed by atoms with Crippen molar-refractivity contribution in [3.8, 4) is 5.75 Å². The average molecular weight is 490 g/mol. The van der Waals surface area contributed by atoms with E-state index in [9.17, 15) is 33.7 Å². The molecule has 33 heavy (non-hydrogen) atoms. The maximum atomic E-state index is 13.8. The molecule has 0 saturated carbocycles. The van der Waals surface area contributed by atoms with Crippen LogP contribution in [0, 0.1) is 15.9 Å². The number of ether oxygens (including phenoxy) is 1.